The molecule has 1 aliphatic heterocycles. The summed E-state index contributed by atoms with van der Waals surface area (Å²) in [5.74, 6) is 0. The van der Waals surface area contributed by atoms with Crippen molar-refractivity contribution in [2.24, 2.45) is 0 Å². The average Bonchev–Trinajstić information content (AvgIpc) is 2.37. The first-order valence-corrected chi connectivity index (χ1v) is 6.44. The molecule has 0 bridgehead atoms. The molecule has 1 heterocycles. The SMILES string of the molecule is O=[N+]([O-])c1cc(Br)cc(CNN2CCOCC2)c1. The maximum Gasteiger partial charge on any atom is 0.270 e. The number of nitrogens with one attached hydrogen (secondary N) is 1. The Hall–Kier alpha value is -1.02. The van der Waals surface area contributed by atoms with Crippen molar-refractivity contribution in [2.45, 2.75) is 6.54 Å². The molecule has 0 radical (unpaired) electrons. The Labute approximate surface area is 113 Å². The van der Waals surface area contributed by atoms with Crippen molar-refractivity contribution >= 4 is 21.6 Å². The predicted octanol–water partition coefficient (Wildman–Crippen LogP) is 1.69. The standard InChI is InChI=1S/C11H14BrN3O3/c12-10-5-9(6-11(7-10)15(16)17)8-13-14-1-3-18-4-2-14/h5-7,13H,1-4,8H2. The molecule has 0 saturated carbocycles. The van der Waals surface area contributed by atoms with Crippen LogP contribution in [0.5, 0.6) is 0 Å². The van der Waals surface area contributed by atoms with E-state index >= 15 is 0 Å². The first kappa shape index (κ1) is 13.4. The summed E-state index contributed by atoms with van der Waals surface area (Å²) in [5, 5.41) is 12.8. The summed E-state index contributed by atoms with van der Waals surface area (Å²) in [6.45, 7) is 3.66. The van der Waals surface area contributed by atoms with E-state index in [0.29, 0.717) is 19.8 Å². The van der Waals surface area contributed by atoms with Crippen LogP contribution >= 0.6 is 15.9 Å². The van der Waals surface area contributed by atoms with Gasteiger partial charge in [-0.1, -0.05) is 15.9 Å². The summed E-state index contributed by atoms with van der Waals surface area (Å²) < 4.78 is 5.96. The first-order chi connectivity index (χ1) is 8.65. The zero-order valence-electron chi connectivity index (χ0n) is 9.76. The number of hydrogen-bond donors (Lipinski definition) is 1. The molecule has 1 aromatic carbocycles. The molecule has 0 spiro atoms. The minimum absolute atomic E-state index is 0.100. The summed E-state index contributed by atoms with van der Waals surface area (Å²) in [4.78, 5) is 10.4. The normalized spacial score (nSPS) is 16.7. The van der Waals surface area contributed by atoms with Crippen molar-refractivity contribution in [1.29, 1.82) is 0 Å². The van der Waals surface area contributed by atoms with E-state index in [4.69, 9.17) is 4.74 Å². The van der Waals surface area contributed by atoms with Crippen molar-refractivity contribution < 1.29 is 9.66 Å². The van der Waals surface area contributed by atoms with E-state index in [9.17, 15) is 10.1 Å². The zero-order valence-corrected chi connectivity index (χ0v) is 11.4. The lowest BCUT2D eigenvalue weighted by atomic mass is 10.2. The van der Waals surface area contributed by atoms with Crippen molar-refractivity contribution in [2.75, 3.05) is 26.3 Å². The van der Waals surface area contributed by atoms with Crippen molar-refractivity contribution in [3.8, 4) is 0 Å². The second-order valence-electron chi connectivity index (χ2n) is 4.01. The van der Waals surface area contributed by atoms with Gasteiger partial charge in [-0.2, -0.15) is 0 Å². The lowest BCUT2D eigenvalue weighted by molar-refractivity contribution is -0.385. The largest absolute Gasteiger partial charge is 0.379 e. The Balaban J connectivity index is 1.97. The summed E-state index contributed by atoms with van der Waals surface area (Å²) >= 11 is 3.28. The highest BCUT2D eigenvalue weighted by atomic mass is 79.9. The topological polar surface area (TPSA) is 67.6 Å². The van der Waals surface area contributed by atoms with E-state index in [-0.39, 0.29) is 10.6 Å². The van der Waals surface area contributed by atoms with Crippen molar-refractivity contribution in [1.82, 2.24) is 10.4 Å². The van der Waals surface area contributed by atoms with E-state index < -0.39 is 0 Å². The van der Waals surface area contributed by atoms with E-state index in [0.717, 1.165) is 23.1 Å². The Kier molecular flexibility index (Phi) is 4.65. The molecule has 0 amide bonds. The molecule has 1 aromatic rings. The van der Waals surface area contributed by atoms with Gasteiger partial charge in [0.2, 0.25) is 0 Å². The summed E-state index contributed by atoms with van der Waals surface area (Å²) in [6, 6.07) is 4.96. The quantitative estimate of drug-likeness (QED) is 0.676. The van der Waals surface area contributed by atoms with Crippen LogP contribution in [0.15, 0.2) is 22.7 Å². The van der Waals surface area contributed by atoms with Crippen LogP contribution in [-0.2, 0) is 11.3 Å². The molecular formula is C11H14BrN3O3. The zero-order chi connectivity index (χ0) is 13.0. The Morgan fingerprint density at radius 2 is 2.11 bits per heavy atom. The number of ether oxygens (including phenoxy) is 1. The summed E-state index contributed by atoms with van der Waals surface area (Å²) in [7, 11) is 0. The number of benzene rings is 1. The highest BCUT2D eigenvalue weighted by Crippen LogP contribution is 2.21. The van der Waals surface area contributed by atoms with Crippen LogP contribution < -0.4 is 5.43 Å². The van der Waals surface area contributed by atoms with Gasteiger partial charge >= 0.3 is 0 Å². The Bertz CT molecular complexity index is 436. The Morgan fingerprint density at radius 3 is 2.78 bits per heavy atom. The average molecular weight is 316 g/mol. The second-order valence-corrected chi connectivity index (χ2v) is 4.92. The number of halogens is 1. The van der Waals surface area contributed by atoms with Crippen LogP contribution in [-0.4, -0.2) is 36.2 Å². The maximum atomic E-state index is 10.7. The van der Waals surface area contributed by atoms with Gasteiger partial charge in [0.1, 0.15) is 0 Å². The molecule has 1 N–H and O–H groups in total. The van der Waals surface area contributed by atoms with Crippen LogP contribution in [0.2, 0.25) is 0 Å². The van der Waals surface area contributed by atoms with Gasteiger partial charge in [0.25, 0.3) is 5.69 Å². The molecule has 7 heteroatoms. The third-order valence-electron chi connectivity index (χ3n) is 2.67. The minimum Gasteiger partial charge on any atom is -0.379 e. The lowest BCUT2D eigenvalue weighted by Crippen LogP contribution is -2.45. The van der Waals surface area contributed by atoms with E-state index in [1.165, 1.54) is 6.07 Å². The molecule has 2 rings (SSSR count). The second kappa shape index (κ2) is 6.24. The van der Waals surface area contributed by atoms with Gasteiger partial charge in [0.15, 0.2) is 0 Å². The summed E-state index contributed by atoms with van der Waals surface area (Å²) in [6.07, 6.45) is 0. The van der Waals surface area contributed by atoms with E-state index in [2.05, 4.69) is 26.4 Å². The van der Waals surface area contributed by atoms with Gasteiger partial charge in [-0.15, -0.1) is 0 Å². The number of non-ortho nitro benzene ring substituents is 1. The number of rotatable bonds is 4. The van der Waals surface area contributed by atoms with Gasteiger partial charge in [0.05, 0.1) is 18.1 Å². The van der Waals surface area contributed by atoms with Crippen LogP contribution in [0.4, 0.5) is 5.69 Å². The molecular weight excluding hydrogens is 302 g/mol. The van der Waals surface area contributed by atoms with Gasteiger partial charge in [0, 0.05) is 36.2 Å². The van der Waals surface area contributed by atoms with Gasteiger partial charge in [-0.3, -0.25) is 15.5 Å². The molecule has 98 valence electrons. The van der Waals surface area contributed by atoms with Crippen LogP contribution in [0.25, 0.3) is 0 Å². The highest BCUT2D eigenvalue weighted by molar-refractivity contribution is 9.10. The van der Waals surface area contributed by atoms with Gasteiger partial charge in [-0.25, -0.2) is 5.01 Å². The summed E-state index contributed by atoms with van der Waals surface area (Å²) in [5.41, 5.74) is 4.22. The van der Waals surface area contributed by atoms with E-state index in [1.54, 1.807) is 6.07 Å². The van der Waals surface area contributed by atoms with Crippen LogP contribution in [0, 0.1) is 10.1 Å². The molecule has 0 aliphatic carbocycles. The minimum atomic E-state index is -0.386. The smallest absolute Gasteiger partial charge is 0.270 e. The van der Waals surface area contributed by atoms with Gasteiger partial charge in [-0.05, 0) is 11.6 Å². The number of hydrazine groups is 1. The fourth-order valence-corrected chi connectivity index (χ4v) is 2.29. The predicted molar refractivity (Wildman–Crippen MR) is 70.0 cm³/mol. The first-order valence-electron chi connectivity index (χ1n) is 5.65. The molecule has 0 unspecified atom stereocenters. The molecule has 0 atom stereocenters. The molecule has 1 fully saturated rings. The van der Waals surface area contributed by atoms with Gasteiger partial charge < -0.3 is 4.74 Å². The maximum absolute atomic E-state index is 10.7. The molecule has 1 aliphatic rings. The molecule has 18 heavy (non-hydrogen) atoms. The monoisotopic (exact) mass is 315 g/mol. The molecule has 6 nitrogen and oxygen atoms in total. The number of morpholine rings is 1. The Morgan fingerprint density at radius 1 is 1.39 bits per heavy atom. The van der Waals surface area contributed by atoms with Crippen molar-refractivity contribution in [3.05, 3.63) is 38.3 Å². The number of nitro benzene ring substituents is 1. The third-order valence-corrected chi connectivity index (χ3v) is 3.13. The number of nitro groups is 1. The fraction of sp³-hybridized carbons (Fsp3) is 0.455. The molecule has 1 saturated heterocycles. The fourth-order valence-electron chi connectivity index (χ4n) is 1.77. The number of nitrogens with zero attached hydrogens (tertiary/aromatic N) is 2. The molecule has 0 aromatic heterocycles. The van der Waals surface area contributed by atoms with Crippen LogP contribution in [0.3, 0.4) is 0 Å². The number of hydrogen-bond acceptors (Lipinski definition) is 5. The van der Waals surface area contributed by atoms with E-state index in [1.807, 2.05) is 6.07 Å². The highest BCUT2D eigenvalue weighted by Gasteiger charge is 2.12. The van der Waals surface area contributed by atoms with Crippen LogP contribution in [0.1, 0.15) is 5.56 Å². The van der Waals surface area contributed by atoms with Crippen molar-refractivity contribution in [3.63, 3.8) is 0 Å². The third kappa shape index (κ3) is 3.74. The lowest BCUT2D eigenvalue weighted by Gasteiger charge is -2.27.